The lowest BCUT2D eigenvalue weighted by molar-refractivity contribution is 0.414. The Morgan fingerprint density at radius 1 is 1.13 bits per heavy atom. The zero-order valence-electron chi connectivity index (χ0n) is 13.1. The van der Waals surface area contributed by atoms with Crippen LogP contribution >= 0.6 is 0 Å². The van der Waals surface area contributed by atoms with E-state index in [0.717, 1.165) is 17.9 Å². The number of hydrogen-bond donors (Lipinski definition) is 1. The Bertz CT molecular complexity index is 768. The Hall–Kier alpha value is -2.89. The van der Waals surface area contributed by atoms with Gasteiger partial charge in [-0.15, -0.1) is 5.10 Å². The SMILES string of the molecule is COc1ccc(CCNc2nncc(-c3ccc(C)o3)n2)cc1. The summed E-state index contributed by atoms with van der Waals surface area (Å²) >= 11 is 0. The van der Waals surface area contributed by atoms with Crippen LogP contribution in [0.1, 0.15) is 11.3 Å². The first-order valence-electron chi connectivity index (χ1n) is 7.38. The van der Waals surface area contributed by atoms with Crippen LogP contribution in [0.5, 0.6) is 5.75 Å². The Labute approximate surface area is 134 Å². The zero-order chi connectivity index (χ0) is 16.1. The summed E-state index contributed by atoms with van der Waals surface area (Å²) < 4.78 is 10.7. The van der Waals surface area contributed by atoms with E-state index in [1.807, 2.05) is 43.3 Å². The third kappa shape index (κ3) is 3.85. The van der Waals surface area contributed by atoms with Gasteiger partial charge in [0.2, 0.25) is 5.95 Å². The highest BCUT2D eigenvalue weighted by atomic mass is 16.5. The highest BCUT2D eigenvalue weighted by molar-refractivity contribution is 5.52. The zero-order valence-corrected chi connectivity index (χ0v) is 13.1. The summed E-state index contributed by atoms with van der Waals surface area (Å²) in [5.74, 6) is 2.88. The van der Waals surface area contributed by atoms with Gasteiger partial charge in [0, 0.05) is 6.54 Å². The van der Waals surface area contributed by atoms with Gasteiger partial charge in [0.1, 0.15) is 17.2 Å². The first kappa shape index (κ1) is 15.0. The van der Waals surface area contributed by atoms with E-state index in [9.17, 15) is 0 Å². The molecule has 118 valence electrons. The molecule has 0 saturated heterocycles. The minimum atomic E-state index is 0.491. The number of rotatable bonds is 6. The Balaban J connectivity index is 1.59. The average molecular weight is 310 g/mol. The molecule has 6 heteroatoms. The van der Waals surface area contributed by atoms with Gasteiger partial charge in [0.05, 0.1) is 13.3 Å². The Morgan fingerprint density at radius 3 is 2.65 bits per heavy atom. The number of aryl methyl sites for hydroxylation is 1. The fraction of sp³-hybridized carbons (Fsp3) is 0.235. The second kappa shape index (κ2) is 6.91. The molecule has 23 heavy (non-hydrogen) atoms. The summed E-state index contributed by atoms with van der Waals surface area (Å²) in [6, 6.07) is 11.8. The molecule has 3 rings (SSSR count). The molecule has 0 unspecified atom stereocenters. The first-order chi connectivity index (χ1) is 11.2. The first-order valence-corrected chi connectivity index (χ1v) is 7.38. The van der Waals surface area contributed by atoms with Crippen molar-refractivity contribution < 1.29 is 9.15 Å². The summed E-state index contributed by atoms with van der Waals surface area (Å²) in [6.07, 6.45) is 2.45. The van der Waals surface area contributed by atoms with Crippen molar-refractivity contribution in [3.63, 3.8) is 0 Å². The Kier molecular flexibility index (Phi) is 4.52. The number of nitrogens with one attached hydrogen (secondary N) is 1. The largest absolute Gasteiger partial charge is 0.497 e. The standard InChI is InChI=1S/C17H18N4O2/c1-12-3-8-16(23-12)15-11-19-21-17(20-15)18-10-9-13-4-6-14(22-2)7-5-13/h3-8,11H,9-10H2,1-2H3,(H,18,20,21). The molecule has 2 aromatic heterocycles. The number of benzene rings is 1. The van der Waals surface area contributed by atoms with Gasteiger partial charge in [-0.3, -0.25) is 0 Å². The van der Waals surface area contributed by atoms with Gasteiger partial charge in [0.25, 0.3) is 0 Å². The molecule has 6 nitrogen and oxygen atoms in total. The van der Waals surface area contributed by atoms with Gasteiger partial charge in [-0.25, -0.2) is 4.98 Å². The van der Waals surface area contributed by atoms with Gasteiger partial charge >= 0.3 is 0 Å². The minimum absolute atomic E-state index is 0.491. The minimum Gasteiger partial charge on any atom is -0.497 e. The van der Waals surface area contributed by atoms with Crippen molar-refractivity contribution in [3.05, 3.63) is 53.9 Å². The van der Waals surface area contributed by atoms with Crippen LogP contribution in [0.2, 0.25) is 0 Å². The molecule has 0 saturated carbocycles. The van der Waals surface area contributed by atoms with E-state index in [1.165, 1.54) is 5.56 Å². The molecule has 0 bridgehead atoms. The Morgan fingerprint density at radius 2 is 1.96 bits per heavy atom. The van der Waals surface area contributed by atoms with Crippen molar-refractivity contribution in [2.75, 3.05) is 19.0 Å². The second-order valence-electron chi connectivity index (χ2n) is 5.10. The molecule has 0 spiro atoms. The molecule has 0 fully saturated rings. The van der Waals surface area contributed by atoms with E-state index in [0.29, 0.717) is 23.9 Å². The van der Waals surface area contributed by atoms with E-state index >= 15 is 0 Å². The van der Waals surface area contributed by atoms with Gasteiger partial charge in [-0.05, 0) is 43.2 Å². The third-order valence-electron chi connectivity index (χ3n) is 3.41. The van der Waals surface area contributed by atoms with E-state index < -0.39 is 0 Å². The quantitative estimate of drug-likeness (QED) is 0.754. The van der Waals surface area contributed by atoms with E-state index in [4.69, 9.17) is 9.15 Å². The van der Waals surface area contributed by atoms with Crippen LogP contribution in [0, 0.1) is 6.92 Å². The van der Waals surface area contributed by atoms with E-state index in [1.54, 1.807) is 13.3 Å². The molecule has 1 aromatic carbocycles. The lowest BCUT2D eigenvalue weighted by atomic mass is 10.1. The van der Waals surface area contributed by atoms with Crippen molar-refractivity contribution >= 4 is 5.95 Å². The predicted octanol–water partition coefficient (Wildman–Crippen LogP) is 3.10. The lowest BCUT2D eigenvalue weighted by Gasteiger charge is -2.06. The molecular weight excluding hydrogens is 292 g/mol. The number of ether oxygens (including phenoxy) is 1. The fourth-order valence-electron chi connectivity index (χ4n) is 2.18. The van der Waals surface area contributed by atoms with Crippen LogP contribution in [0.15, 0.2) is 47.0 Å². The normalized spacial score (nSPS) is 10.5. The molecule has 1 N–H and O–H groups in total. The maximum absolute atomic E-state index is 5.55. The van der Waals surface area contributed by atoms with Gasteiger partial charge in [0.15, 0.2) is 5.76 Å². The fourth-order valence-corrected chi connectivity index (χ4v) is 2.18. The average Bonchev–Trinajstić information content (AvgIpc) is 3.02. The van der Waals surface area contributed by atoms with Gasteiger partial charge in [-0.1, -0.05) is 12.1 Å². The molecule has 0 aliphatic carbocycles. The molecule has 0 aliphatic heterocycles. The maximum Gasteiger partial charge on any atom is 0.243 e. The number of nitrogens with zero attached hydrogens (tertiary/aromatic N) is 3. The van der Waals surface area contributed by atoms with Crippen molar-refractivity contribution in [2.45, 2.75) is 13.3 Å². The molecule has 0 aliphatic rings. The summed E-state index contributed by atoms with van der Waals surface area (Å²) in [4.78, 5) is 4.42. The van der Waals surface area contributed by atoms with Crippen LogP contribution < -0.4 is 10.1 Å². The maximum atomic E-state index is 5.55. The monoisotopic (exact) mass is 310 g/mol. The number of anilines is 1. The number of aromatic nitrogens is 3. The van der Waals surface area contributed by atoms with Crippen molar-refractivity contribution in [1.82, 2.24) is 15.2 Å². The number of methoxy groups -OCH3 is 1. The molecular formula is C17H18N4O2. The van der Waals surface area contributed by atoms with E-state index in [-0.39, 0.29) is 0 Å². The van der Waals surface area contributed by atoms with Gasteiger partial charge < -0.3 is 14.5 Å². The highest BCUT2D eigenvalue weighted by Crippen LogP contribution is 2.19. The predicted molar refractivity (Wildman–Crippen MR) is 87.5 cm³/mol. The molecule has 3 aromatic rings. The molecule has 0 amide bonds. The van der Waals surface area contributed by atoms with Crippen LogP contribution in [0.3, 0.4) is 0 Å². The van der Waals surface area contributed by atoms with Crippen LogP contribution in [0.4, 0.5) is 5.95 Å². The topological polar surface area (TPSA) is 73.1 Å². The summed E-state index contributed by atoms with van der Waals surface area (Å²) in [5, 5.41) is 11.1. The van der Waals surface area contributed by atoms with Gasteiger partial charge in [-0.2, -0.15) is 5.10 Å². The van der Waals surface area contributed by atoms with Crippen LogP contribution in [0.25, 0.3) is 11.5 Å². The van der Waals surface area contributed by atoms with Crippen molar-refractivity contribution in [1.29, 1.82) is 0 Å². The van der Waals surface area contributed by atoms with Crippen LogP contribution in [-0.2, 0) is 6.42 Å². The smallest absolute Gasteiger partial charge is 0.243 e. The second-order valence-corrected chi connectivity index (χ2v) is 5.10. The summed E-state index contributed by atoms with van der Waals surface area (Å²) in [7, 11) is 1.66. The van der Waals surface area contributed by atoms with Crippen LogP contribution in [-0.4, -0.2) is 28.8 Å². The highest BCUT2D eigenvalue weighted by Gasteiger charge is 2.06. The summed E-state index contributed by atoms with van der Waals surface area (Å²) in [6.45, 7) is 2.61. The summed E-state index contributed by atoms with van der Waals surface area (Å²) in [5.41, 5.74) is 1.88. The van der Waals surface area contributed by atoms with E-state index in [2.05, 4.69) is 20.5 Å². The number of hydrogen-bond acceptors (Lipinski definition) is 6. The molecule has 0 radical (unpaired) electrons. The van der Waals surface area contributed by atoms with Crippen molar-refractivity contribution in [3.8, 4) is 17.2 Å². The third-order valence-corrected chi connectivity index (χ3v) is 3.41. The number of furan rings is 1. The molecule has 2 heterocycles. The lowest BCUT2D eigenvalue weighted by Crippen LogP contribution is -2.09. The van der Waals surface area contributed by atoms with Crippen molar-refractivity contribution in [2.24, 2.45) is 0 Å². The molecule has 0 atom stereocenters.